The van der Waals surface area contributed by atoms with Crippen LogP contribution in [0.25, 0.3) is 0 Å². The molecule has 1 N–H and O–H groups in total. The van der Waals surface area contributed by atoms with Crippen LogP contribution < -0.4 is 5.32 Å². The van der Waals surface area contributed by atoms with Gasteiger partial charge in [-0.05, 0) is 55.4 Å². The Morgan fingerprint density at radius 3 is 2.44 bits per heavy atom. The van der Waals surface area contributed by atoms with Crippen LogP contribution in [0.4, 0.5) is 0 Å². The van der Waals surface area contributed by atoms with E-state index >= 15 is 0 Å². The second-order valence-corrected chi connectivity index (χ2v) is 7.51. The topological polar surface area (TPSA) is 33.1 Å². The zero-order valence-corrected chi connectivity index (χ0v) is 16.7. The monoisotopic (exact) mass is 376 g/mol. The summed E-state index contributed by atoms with van der Waals surface area (Å²) in [6.45, 7) is 5.10. The third-order valence-corrected chi connectivity index (χ3v) is 5.88. The molecule has 2 atom stereocenters. The molecule has 1 aliphatic heterocycles. The Balaban J connectivity index is 1.79. The lowest BCUT2D eigenvalue weighted by atomic mass is 9.96. The summed E-state index contributed by atoms with van der Waals surface area (Å²) in [5.74, 6) is 0. The summed E-state index contributed by atoms with van der Waals surface area (Å²) in [7, 11) is 2.12. The van der Waals surface area contributed by atoms with E-state index in [9.17, 15) is 0 Å². The summed E-state index contributed by atoms with van der Waals surface area (Å²) in [6.07, 6.45) is 1.85. The minimum Gasteiger partial charge on any atom is -0.352 e. The zero-order valence-electron chi connectivity index (χ0n) is 15.9. The van der Waals surface area contributed by atoms with Gasteiger partial charge in [0.2, 0.25) is 0 Å². The van der Waals surface area contributed by atoms with Gasteiger partial charge in [-0.3, -0.25) is 4.98 Å². The Labute approximate surface area is 165 Å². The van der Waals surface area contributed by atoms with Crippen LogP contribution in [0, 0.1) is 13.8 Å². The predicted octanol–water partition coefficient (Wildman–Crippen LogP) is 4.21. The molecule has 2 aromatic heterocycles. The predicted molar refractivity (Wildman–Crippen MR) is 112 cm³/mol. The van der Waals surface area contributed by atoms with E-state index in [4.69, 9.17) is 12.2 Å². The smallest absolute Gasteiger partial charge is 0.170 e. The number of hydrogen-bond donors (Lipinski definition) is 1. The second-order valence-electron chi connectivity index (χ2n) is 7.13. The van der Waals surface area contributed by atoms with E-state index in [0.29, 0.717) is 0 Å². The van der Waals surface area contributed by atoms with Gasteiger partial charge < -0.3 is 14.8 Å². The van der Waals surface area contributed by atoms with Crippen LogP contribution in [0.1, 0.15) is 40.3 Å². The van der Waals surface area contributed by atoms with Crippen molar-refractivity contribution in [1.82, 2.24) is 19.8 Å². The molecule has 4 nitrogen and oxygen atoms in total. The van der Waals surface area contributed by atoms with Gasteiger partial charge in [-0.2, -0.15) is 0 Å². The van der Waals surface area contributed by atoms with E-state index in [-0.39, 0.29) is 12.1 Å². The molecule has 1 saturated heterocycles. The Morgan fingerprint density at radius 1 is 1.07 bits per heavy atom. The summed E-state index contributed by atoms with van der Waals surface area (Å²) < 4.78 is 2.24. The maximum atomic E-state index is 5.76. The summed E-state index contributed by atoms with van der Waals surface area (Å²) in [5.41, 5.74) is 6.08. The molecule has 0 radical (unpaired) electrons. The number of rotatable bonds is 4. The van der Waals surface area contributed by atoms with Gasteiger partial charge in [0.15, 0.2) is 5.11 Å². The molecule has 0 bridgehead atoms. The molecule has 3 aromatic rings. The average Bonchev–Trinajstić information content (AvgIpc) is 3.14. The average molecular weight is 377 g/mol. The first-order valence-corrected chi connectivity index (χ1v) is 9.62. The molecule has 27 heavy (non-hydrogen) atoms. The van der Waals surface area contributed by atoms with Crippen LogP contribution in [-0.4, -0.2) is 19.6 Å². The standard InChI is InChI=1S/C22H24N4S/c1-15-13-18(16(2)25(15)3)21-20(19-11-7-8-12-23-19)24-22(27)26(21)14-17-9-5-4-6-10-17/h4-13,20-21H,14H2,1-3H3,(H,24,27)/t20-,21-/m0/s1. The lowest BCUT2D eigenvalue weighted by Crippen LogP contribution is -2.29. The zero-order chi connectivity index (χ0) is 19.0. The largest absolute Gasteiger partial charge is 0.352 e. The van der Waals surface area contributed by atoms with Gasteiger partial charge >= 0.3 is 0 Å². The molecule has 4 rings (SSSR count). The lowest BCUT2D eigenvalue weighted by Gasteiger charge is -2.28. The Morgan fingerprint density at radius 2 is 1.81 bits per heavy atom. The van der Waals surface area contributed by atoms with Crippen molar-refractivity contribution < 1.29 is 0 Å². The first-order chi connectivity index (χ1) is 13.1. The van der Waals surface area contributed by atoms with Crippen LogP contribution >= 0.6 is 12.2 Å². The number of nitrogens with one attached hydrogen (secondary N) is 1. The van der Waals surface area contributed by atoms with E-state index in [0.717, 1.165) is 17.4 Å². The number of hydrogen-bond acceptors (Lipinski definition) is 2. The van der Waals surface area contributed by atoms with E-state index < -0.39 is 0 Å². The molecule has 0 unspecified atom stereocenters. The van der Waals surface area contributed by atoms with Gasteiger partial charge in [0.05, 0.1) is 17.8 Å². The van der Waals surface area contributed by atoms with Crippen molar-refractivity contribution in [3.63, 3.8) is 0 Å². The normalized spacial score (nSPS) is 19.4. The molecule has 0 saturated carbocycles. The van der Waals surface area contributed by atoms with E-state index in [1.165, 1.54) is 22.5 Å². The van der Waals surface area contributed by atoms with Gasteiger partial charge in [-0.25, -0.2) is 0 Å². The fourth-order valence-corrected chi connectivity index (χ4v) is 4.18. The molecular formula is C22H24N4S. The molecule has 1 aliphatic rings. The fraction of sp³-hybridized carbons (Fsp3) is 0.273. The van der Waals surface area contributed by atoms with Gasteiger partial charge in [0, 0.05) is 31.2 Å². The van der Waals surface area contributed by atoms with Crippen LogP contribution in [0.15, 0.2) is 60.8 Å². The number of pyridine rings is 1. The van der Waals surface area contributed by atoms with Crippen molar-refractivity contribution in [3.05, 3.63) is 89.0 Å². The first-order valence-electron chi connectivity index (χ1n) is 9.21. The summed E-state index contributed by atoms with van der Waals surface area (Å²) in [6, 6.07) is 19.0. The van der Waals surface area contributed by atoms with Crippen molar-refractivity contribution >= 4 is 17.3 Å². The van der Waals surface area contributed by atoms with Gasteiger partial charge in [-0.15, -0.1) is 0 Å². The minimum atomic E-state index is 0.0305. The van der Waals surface area contributed by atoms with Crippen molar-refractivity contribution in [2.24, 2.45) is 7.05 Å². The van der Waals surface area contributed by atoms with Crippen molar-refractivity contribution in [2.45, 2.75) is 32.5 Å². The van der Waals surface area contributed by atoms with E-state index in [1.54, 1.807) is 0 Å². The van der Waals surface area contributed by atoms with Gasteiger partial charge in [0.1, 0.15) is 0 Å². The van der Waals surface area contributed by atoms with Crippen LogP contribution in [0.5, 0.6) is 0 Å². The highest BCUT2D eigenvalue weighted by Crippen LogP contribution is 2.41. The summed E-state index contributed by atoms with van der Waals surface area (Å²) in [4.78, 5) is 6.91. The van der Waals surface area contributed by atoms with Crippen LogP contribution in [0.2, 0.25) is 0 Å². The highest BCUT2D eigenvalue weighted by Gasteiger charge is 2.41. The number of aryl methyl sites for hydroxylation is 1. The van der Waals surface area contributed by atoms with Crippen molar-refractivity contribution in [2.75, 3.05) is 0 Å². The second kappa shape index (κ2) is 7.16. The summed E-state index contributed by atoms with van der Waals surface area (Å²) in [5, 5.41) is 4.31. The highest BCUT2D eigenvalue weighted by molar-refractivity contribution is 7.80. The minimum absolute atomic E-state index is 0.0305. The van der Waals surface area contributed by atoms with Crippen molar-refractivity contribution in [3.8, 4) is 0 Å². The SMILES string of the molecule is Cc1cc([C@H]2[C@H](c3ccccn3)NC(=S)N2Cc2ccccc2)c(C)n1C. The van der Waals surface area contributed by atoms with Gasteiger partial charge in [0.25, 0.3) is 0 Å². The first kappa shape index (κ1) is 17.7. The quantitative estimate of drug-likeness (QED) is 0.692. The molecule has 138 valence electrons. The van der Waals surface area contributed by atoms with Gasteiger partial charge in [-0.1, -0.05) is 36.4 Å². The maximum absolute atomic E-state index is 5.76. The summed E-state index contributed by atoms with van der Waals surface area (Å²) >= 11 is 5.76. The molecular weight excluding hydrogens is 352 g/mol. The Hall–Kier alpha value is -2.66. The third kappa shape index (κ3) is 3.23. The third-order valence-electron chi connectivity index (χ3n) is 5.53. The lowest BCUT2D eigenvalue weighted by molar-refractivity contribution is 0.310. The number of aromatic nitrogens is 2. The maximum Gasteiger partial charge on any atom is 0.170 e. The number of benzene rings is 1. The molecule has 1 fully saturated rings. The fourth-order valence-electron chi connectivity index (χ4n) is 3.88. The van der Waals surface area contributed by atoms with E-state index in [2.05, 4.69) is 77.1 Å². The molecule has 1 aromatic carbocycles. The van der Waals surface area contributed by atoms with Crippen LogP contribution in [0.3, 0.4) is 0 Å². The van der Waals surface area contributed by atoms with Crippen molar-refractivity contribution in [1.29, 1.82) is 0 Å². The molecule has 0 amide bonds. The van der Waals surface area contributed by atoms with Crippen LogP contribution in [-0.2, 0) is 13.6 Å². The molecule has 0 aliphatic carbocycles. The highest BCUT2D eigenvalue weighted by atomic mass is 32.1. The Bertz CT molecular complexity index is 949. The molecule has 5 heteroatoms. The Kier molecular flexibility index (Phi) is 4.70. The molecule has 0 spiro atoms. The van der Waals surface area contributed by atoms with E-state index in [1.807, 2.05) is 24.4 Å². The molecule has 3 heterocycles. The number of thiocarbonyl (C=S) groups is 1. The number of nitrogens with zero attached hydrogens (tertiary/aromatic N) is 3.